The van der Waals surface area contributed by atoms with Crippen molar-refractivity contribution in [2.45, 2.75) is 10.1 Å². The van der Waals surface area contributed by atoms with Gasteiger partial charge in [-0.2, -0.15) is 0 Å². The number of rotatable bonds is 6. The lowest BCUT2D eigenvalue weighted by molar-refractivity contribution is -0.384. The van der Waals surface area contributed by atoms with Crippen molar-refractivity contribution in [3.8, 4) is 0 Å². The normalized spacial score (nSPS) is 14.8. The minimum absolute atomic E-state index is 0.0844. The number of carbonyl (C=O) groups is 1. The third kappa shape index (κ3) is 5.06. The van der Waals surface area contributed by atoms with Gasteiger partial charge >= 0.3 is 0 Å². The molecule has 1 atom stereocenters. The lowest BCUT2D eigenvalue weighted by Crippen LogP contribution is -2.49. The van der Waals surface area contributed by atoms with Gasteiger partial charge < -0.3 is 9.80 Å². The highest BCUT2D eigenvalue weighted by molar-refractivity contribution is 8.00. The van der Waals surface area contributed by atoms with E-state index < -0.39 is 4.92 Å². The highest BCUT2D eigenvalue weighted by Gasteiger charge is 2.29. The maximum atomic E-state index is 13.5. The minimum atomic E-state index is -0.394. The first-order valence-electron chi connectivity index (χ1n) is 10.2. The summed E-state index contributed by atoms with van der Waals surface area (Å²) in [6, 6.07) is 26.5. The molecule has 0 aliphatic carbocycles. The van der Waals surface area contributed by atoms with Crippen LogP contribution < -0.4 is 4.90 Å². The molecular weight excluding hydrogens is 410 g/mol. The monoisotopic (exact) mass is 433 g/mol. The molecule has 0 saturated carbocycles. The van der Waals surface area contributed by atoms with Crippen LogP contribution in [0.25, 0.3) is 0 Å². The lowest BCUT2D eigenvalue weighted by Gasteiger charge is -2.37. The number of nitro groups is 1. The smallest absolute Gasteiger partial charge is 0.269 e. The lowest BCUT2D eigenvalue weighted by atomic mass is 10.1. The van der Waals surface area contributed by atoms with Crippen LogP contribution in [0, 0.1) is 10.1 Å². The number of hydrogen-bond donors (Lipinski definition) is 0. The van der Waals surface area contributed by atoms with Crippen molar-refractivity contribution in [3.05, 3.63) is 101 Å². The minimum Gasteiger partial charge on any atom is -0.368 e. The summed E-state index contributed by atoms with van der Waals surface area (Å²) < 4.78 is 0. The van der Waals surface area contributed by atoms with Crippen molar-refractivity contribution in [2.24, 2.45) is 0 Å². The Kier molecular flexibility index (Phi) is 6.52. The molecule has 3 aromatic carbocycles. The molecular formula is C24H23N3O3S. The predicted molar refractivity (Wildman–Crippen MR) is 123 cm³/mol. The number of non-ortho nitro benzene ring substituents is 1. The highest BCUT2D eigenvalue weighted by Crippen LogP contribution is 2.37. The number of nitro benzene ring substituents is 1. The fraction of sp³-hybridized carbons (Fsp3) is 0.208. The Labute approximate surface area is 185 Å². The number of anilines is 1. The number of benzene rings is 3. The zero-order chi connectivity index (χ0) is 21.6. The van der Waals surface area contributed by atoms with Gasteiger partial charge in [0.1, 0.15) is 5.25 Å². The van der Waals surface area contributed by atoms with E-state index in [2.05, 4.69) is 4.90 Å². The van der Waals surface area contributed by atoms with Gasteiger partial charge in [-0.15, -0.1) is 11.8 Å². The van der Waals surface area contributed by atoms with E-state index in [1.54, 1.807) is 23.9 Å². The average Bonchev–Trinajstić information content (AvgIpc) is 2.83. The molecule has 1 fully saturated rings. The molecule has 3 aromatic rings. The van der Waals surface area contributed by atoms with E-state index in [-0.39, 0.29) is 16.8 Å². The first-order chi connectivity index (χ1) is 15.1. The number of thioether (sulfide) groups is 1. The molecule has 4 rings (SSSR count). The molecule has 0 N–H and O–H groups in total. The topological polar surface area (TPSA) is 66.7 Å². The van der Waals surface area contributed by atoms with Crippen LogP contribution in [-0.2, 0) is 4.79 Å². The fourth-order valence-electron chi connectivity index (χ4n) is 3.66. The molecule has 1 heterocycles. The van der Waals surface area contributed by atoms with Crippen LogP contribution in [0.4, 0.5) is 11.4 Å². The molecule has 0 spiro atoms. The van der Waals surface area contributed by atoms with Crippen molar-refractivity contribution in [2.75, 3.05) is 31.1 Å². The molecule has 6 nitrogen and oxygen atoms in total. The third-order valence-electron chi connectivity index (χ3n) is 5.34. The SMILES string of the molecule is O=C(C(Sc1ccccc1)c1ccccc1)N1CCN(c2ccc([N+](=O)[O-])cc2)CC1. The Morgan fingerprint density at radius 2 is 1.42 bits per heavy atom. The van der Waals surface area contributed by atoms with E-state index >= 15 is 0 Å². The quantitative estimate of drug-likeness (QED) is 0.318. The predicted octanol–water partition coefficient (Wildman–Crippen LogP) is 4.78. The van der Waals surface area contributed by atoms with Gasteiger partial charge in [-0.3, -0.25) is 14.9 Å². The van der Waals surface area contributed by atoms with Crippen LogP contribution in [0.5, 0.6) is 0 Å². The summed E-state index contributed by atoms with van der Waals surface area (Å²) in [5.74, 6) is 0.114. The summed E-state index contributed by atoms with van der Waals surface area (Å²) in [6.45, 7) is 2.63. The molecule has 31 heavy (non-hydrogen) atoms. The Balaban J connectivity index is 1.45. The molecule has 1 aliphatic heterocycles. The van der Waals surface area contributed by atoms with E-state index in [0.717, 1.165) is 16.1 Å². The zero-order valence-corrected chi connectivity index (χ0v) is 17.8. The van der Waals surface area contributed by atoms with Crippen LogP contribution in [0.1, 0.15) is 10.8 Å². The van der Waals surface area contributed by atoms with E-state index in [9.17, 15) is 14.9 Å². The van der Waals surface area contributed by atoms with Crippen molar-refractivity contribution >= 4 is 29.0 Å². The second-order valence-electron chi connectivity index (χ2n) is 7.31. The average molecular weight is 434 g/mol. The van der Waals surface area contributed by atoms with Gasteiger partial charge in [0.25, 0.3) is 5.69 Å². The summed E-state index contributed by atoms with van der Waals surface area (Å²) in [5.41, 5.74) is 2.02. The van der Waals surface area contributed by atoms with Gasteiger partial charge in [0.05, 0.1) is 4.92 Å². The number of nitrogens with zero attached hydrogens (tertiary/aromatic N) is 3. The first kappa shape index (κ1) is 20.9. The van der Waals surface area contributed by atoms with Crippen LogP contribution in [0.15, 0.2) is 89.8 Å². The molecule has 1 amide bonds. The number of amides is 1. The van der Waals surface area contributed by atoms with Gasteiger partial charge in [0, 0.05) is 48.9 Å². The number of hydrogen-bond acceptors (Lipinski definition) is 5. The maximum absolute atomic E-state index is 13.5. The van der Waals surface area contributed by atoms with Crippen molar-refractivity contribution in [1.29, 1.82) is 0 Å². The molecule has 0 bridgehead atoms. The second kappa shape index (κ2) is 9.66. The van der Waals surface area contributed by atoms with Crippen molar-refractivity contribution < 1.29 is 9.72 Å². The molecule has 1 unspecified atom stereocenters. The van der Waals surface area contributed by atoms with E-state index in [1.807, 2.05) is 65.6 Å². The van der Waals surface area contributed by atoms with Gasteiger partial charge in [-0.1, -0.05) is 48.5 Å². The van der Waals surface area contributed by atoms with Gasteiger partial charge in [0.15, 0.2) is 0 Å². The van der Waals surface area contributed by atoms with Crippen LogP contribution >= 0.6 is 11.8 Å². The Bertz CT molecular complexity index is 1020. The fourth-order valence-corrected chi connectivity index (χ4v) is 4.79. The summed E-state index contributed by atoms with van der Waals surface area (Å²) >= 11 is 1.58. The Hall–Kier alpha value is -3.32. The largest absolute Gasteiger partial charge is 0.368 e. The molecule has 0 aromatic heterocycles. The summed E-state index contributed by atoms with van der Waals surface area (Å²) in [4.78, 5) is 29.1. The molecule has 1 aliphatic rings. The van der Waals surface area contributed by atoms with Gasteiger partial charge in [-0.25, -0.2) is 0 Å². The highest BCUT2D eigenvalue weighted by atomic mass is 32.2. The summed E-state index contributed by atoms with van der Waals surface area (Å²) in [7, 11) is 0. The molecule has 1 saturated heterocycles. The first-order valence-corrected chi connectivity index (χ1v) is 11.0. The molecule has 7 heteroatoms. The van der Waals surface area contributed by atoms with Crippen LogP contribution in [0.3, 0.4) is 0 Å². The van der Waals surface area contributed by atoms with Crippen LogP contribution in [0.2, 0.25) is 0 Å². The van der Waals surface area contributed by atoms with E-state index in [1.165, 1.54) is 12.1 Å². The van der Waals surface area contributed by atoms with Gasteiger partial charge in [0.2, 0.25) is 5.91 Å². The van der Waals surface area contributed by atoms with Crippen molar-refractivity contribution in [3.63, 3.8) is 0 Å². The van der Waals surface area contributed by atoms with Crippen LogP contribution in [-0.4, -0.2) is 41.9 Å². The van der Waals surface area contributed by atoms with Crippen molar-refractivity contribution in [1.82, 2.24) is 4.90 Å². The number of carbonyl (C=O) groups excluding carboxylic acids is 1. The number of piperazine rings is 1. The van der Waals surface area contributed by atoms with E-state index in [0.29, 0.717) is 26.2 Å². The van der Waals surface area contributed by atoms with E-state index in [4.69, 9.17) is 0 Å². The zero-order valence-electron chi connectivity index (χ0n) is 17.0. The summed E-state index contributed by atoms with van der Waals surface area (Å²) in [6.07, 6.45) is 0. The second-order valence-corrected chi connectivity index (χ2v) is 8.49. The molecule has 0 radical (unpaired) electrons. The maximum Gasteiger partial charge on any atom is 0.269 e. The standard InChI is InChI=1S/C24H23N3O3S/c28-24(23(19-7-3-1-4-8-19)31-22-9-5-2-6-10-22)26-17-15-25(16-18-26)20-11-13-21(14-12-20)27(29)30/h1-14,23H,15-18H2. The third-order valence-corrected chi connectivity index (χ3v) is 6.59. The molecule has 158 valence electrons. The Morgan fingerprint density at radius 1 is 0.839 bits per heavy atom. The Morgan fingerprint density at radius 3 is 2.00 bits per heavy atom. The van der Waals surface area contributed by atoms with Gasteiger partial charge in [-0.05, 0) is 29.8 Å². The summed E-state index contributed by atoms with van der Waals surface area (Å²) in [5, 5.41) is 10.6.